The van der Waals surface area contributed by atoms with Crippen molar-refractivity contribution in [2.75, 3.05) is 17.7 Å². The number of nitrogens with zero attached hydrogens (tertiary/aromatic N) is 4. The van der Waals surface area contributed by atoms with Crippen LogP contribution >= 0.6 is 0 Å². The van der Waals surface area contributed by atoms with Crippen LogP contribution in [0.4, 0.5) is 17.5 Å². The number of hydrogen-bond donors (Lipinski definition) is 1. The summed E-state index contributed by atoms with van der Waals surface area (Å²) in [4.78, 5) is 10.5. The van der Waals surface area contributed by atoms with Crippen LogP contribution in [0, 0.1) is 11.3 Å². The molecule has 1 aromatic heterocycles. The van der Waals surface area contributed by atoms with Crippen molar-refractivity contribution in [2.24, 2.45) is 0 Å². The average molecular weight is 275 g/mol. The molecule has 2 N–H and O–H groups in total. The number of benzene rings is 2. The van der Waals surface area contributed by atoms with Crippen LogP contribution in [0.25, 0.3) is 10.9 Å². The fourth-order valence-electron chi connectivity index (χ4n) is 2.24. The minimum absolute atomic E-state index is 0.229. The highest BCUT2D eigenvalue weighted by Gasteiger charge is 2.12. The Morgan fingerprint density at radius 3 is 2.71 bits per heavy atom. The molecule has 102 valence electrons. The molecular weight excluding hydrogens is 262 g/mol. The van der Waals surface area contributed by atoms with Gasteiger partial charge in [-0.15, -0.1) is 0 Å². The van der Waals surface area contributed by atoms with Gasteiger partial charge in [-0.2, -0.15) is 10.2 Å². The zero-order valence-electron chi connectivity index (χ0n) is 11.5. The van der Waals surface area contributed by atoms with Crippen molar-refractivity contribution < 1.29 is 0 Å². The van der Waals surface area contributed by atoms with E-state index in [4.69, 9.17) is 11.0 Å². The fourth-order valence-corrected chi connectivity index (χ4v) is 2.24. The molecule has 0 aliphatic carbocycles. The lowest BCUT2D eigenvalue weighted by molar-refractivity contribution is 1.12. The second-order valence-corrected chi connectivity index (χ2v) is 4.64. The number of nitrogen functional groups attached to an aromatic ring is 1. The van der Waals surface area contributed by atoms with Crippen molar-refractivity contribution in [1.29, 1.82) is 5.26 Å². The van der Waals surface area contributed by atoms with Gasteiger partial charge in [0.2, 0.25) is 5.95 Å². The number of para-hydroxylation sites is 1. The van der Waals surface area contributed by atoms with Gasteiger partial charge in [0.15, 0.2) is 0 Å². The van der Waals surface area contributed by atoms with Crippen molar-refractivity contribution >= 4 is 28.4 Å². The van der Waals surface area contributed by atoms with Crippen molar-refractivity contribution in [3.05, 3.63) is 54.1 Å². The molecular formula is C16H13N5. The van der Waals surface area contributed by atoms with Gasteiger partial charge in [-0.1, -0.05) is 18.2 Å². The van der Waals surface area contributed by atoms with E-state index in [2.05, 4.69) is 16.0 Å². The molecule has 1 heterocycles. The quantitative estimate of drug-likeness (QED) is 0.778. The normalized spacial score (nSPS) is 10.3. The van der Waals surface area contributed by atoms with Gasteiger partial charge in [-0.3, -0.25) is 0 Å². The Morgan fingerprint density at radius 1 is 1.10 bits per heavy atom. The first kappa shape index (κ1) is 12.9. The molecule has 2 aromatic carbocycles. The van der Waals surface area contributed by atoms with Crippen LogP contribution in [0.5, 0.6) is 0 Å². The van der Waals surface area contributed by atoms with Crippen molar-refractivity contribution in [3.63, 3.8) is 0 Å². The summed E-state index contributed by atoms with van der Waals surface area (Å²) in [6.07, 6.45) is 0. The lowest BCUT2D eigenvalue weighted by Gasteiger charge is -2.20. The van der Waals surface area contributed by atoms with Crippen molar-refractivity contribution in [1.82, 2.24) is 9.97 Å². The standard InChI is InChI=1S/C16H13N5/c1-21(12-6-4-5-11(9-12)10-17)15-13-7-2-3-8-14(13)19-16(18)20-15/h2-9H,1H3,(H2,18,19,20). The highest BCUT2D eigenvalue weighted by molar-refractivity contribution is 5.92. The number of rotatable bonds is 2. The summed E-state index contributed by atoms with van der Waals surface area (Å²) >= 11 is 0. The fraction of sp³-hybridized carbons (Fsp3) is 0.0625. The van der Waals surface area contributed by atoms with Gasteiger partial charge in [0.1, 0.15) is 5.82 Å². The zero-order valence-corrected chi connectivity index (χ0v) is 11.5. The molecule has 0 amide bonds. The van der Waals surface area contributed by atoms with Crippen LogP contribution in [0.1, 0.15) is 5.56 Å². The Morgan fingerprint density at radius 2 is 1.90 bits per heavy atom. The number of fused-ring (bicyclic) bond motifs is 1. The first-order valence-electron chi connectivity index (χ1n) is 6.45. The maximum absolute atomic E-state index is 9.02. The number of anilines is 3. The monoisotopic (exact) mass is 275 g/mol. The van der Waals surface area contributed by atoms with Crippen LogP contribution < -0.4 is 10.6 Å². The minimum Gasteiger partial charge on any atom is -0.368 e. The number of nitriles is 1. The Kier molecular flexibility index (Phi) is 3.13. The largest absolute Gasteiger partial charge is 0.368 e. The maximum atomic E-state index is 9.02. The minimum atomic E-state index is 0.229. The van der Waals surface area contributed by atoms with E-state index in [9.17, 15) is 0 Å². The molecule has 0 radical (unpaired) electrons. The highest BCUT2D eigenvalue weighted by atomic mass is 15.2. The van der Waals surface area contributed by atoms with Crippen LogP contribution in [0.2, 0.25) is 0 Å². The van der Waals surface area contributed by atoms with Crippen molar-refractivity contribution in [3.8, 4) is 6.07 Å². The molecule has 0 unspecified atom stereocenters. The Bertz CT molecular complexity index is 851. The van der Waals surface area contributed by atoms with E-state index in [1.54, 1.807) is 6.07 Å². The van der Waals surface area contributed by atoms with Crippen LogP contribution in [-0.2, 0) is 0 Å². The molecule has 0 atom stereocenters. The van der Waals surface area contributed by atoms with Gasteiger partial charge in [-0.05, 0) is 30.3 Å². The molecule has 0 saturated heterocycles. The summed E-state index contributed by atoms with van der Waals surface area (Å²) in [6, 6.07) is 17.2. The predicted molar refractivity (Wildman–Crippen MR) is 83.2 cm³/mol. The third-order valence-electron chi connectivity index (χ3n) is 3.28. The van der Waals surface area contributed by atoms with E-state index < -0.39 is 0 Å². The first-order valence-corrected chi connectivity index (χ1v) is 6.45. The lowest BCUT2D eigenvalue weighted by Crippen LogP contribution is -2.13. The smallest absolute Gasteiger partial charge is 0.222 e. The van der Waals surface area contributed by atoms with E-state index >= 15 is 0 Å². The van der Waals surface area contributed by atoms with Crippen LogP contribution in [-0.4, -0.2) is 17.0 Å². The van der Waals surface area contributed by atoms with E-state index in [1.165, 1.54) is 0 Å². The van der Waals surface area contributed by atoms with E-state index in [1.807, 2.05) is 54.4 Å². The molecule has 0 bridgehead atoms. The molecule has 0 fully saturated rings. The van der Waals surface area contributed by atoms with Gasteiger partial charge in [-0.25, -0.2) is 4.98 Å². The summed E-state index contributed by atoms with van der Waals surface area (Å²) in [5, 5.41) is 9.93. The Balaban J connectivity index is 2.17. The molecule has 0 aliphatic rings. The molecule has 0 aliphatic heterocycles. The number of nitrogens with two attached hydrogens (primary N) is 1. The predicted octanol–water partition coefficient (Wildman–Crippen LogP) is 2.85. The summed E-state index contributed by atoms with van der Waals surface area (Å²) in [5.74, 6) is 0.945. The van der Waals surface area contributed by atoms with Crippen LogP contribution in [0.15, 0.2) is 48.5 Å². The van der Waals surface area contributed by atoms with Crippen LogP contribution in [0.3, 0.4) is 0 Å². The molecule has 5 heteroatoms. The molecule has 0 saturated carbocycles. The summed E-state index contributed by atoms with van der Waals surface area (Å²) in [7, 11) is 1.89. The van der Waals surface area contributed by atoms with Gasteiger partial charge in [0.05, 0.1) is 17.1 Å². The lowest BCUT2D eigenvalue weighted by atomic mass is 10.2. The van der Waals surface area contributed by atoms with E-state index in [0.29, 0.717) is 11.4 Å². The Labute approximate surface area is 122 Å². The summed E-state index contributed by atoms with van der Waals surface area (Å²) in [5.41, 5.74) is 8.07. The molecule has 5 nitrogen and oxygen atoms in total. The Hall–Kier alpha value is -3.13. The van der Waals surface area contributed by atoms with Crippen molar-refractivity contribution in [2.45, 2.75) is 0 Å². The van der Waals surface area contributed by atoms with Gasteiger partial charge >= 0.3 is 0 Å². The van der Waals surface area contributed by atoms with Gasteiger partial charge in [0, 0.05) is 18.1 Å². The van der Waals surface area contributed by atoms with E-state index in [-0.39, 0.29) is 5.95 Å². The molecule has 0 spiro atoms. The first-order chi connectivity index (χ1) is 10.2. The average Bonchev–Trinajstić information content (AvgIpc) is 2.53. The second kappa shape index (κ2) is 5.10. The van der Waals surface area contributed by atoms with E-state index in [0.717, 1.165) is 16.6 Å². The highest BCUT2D eigenvalue weighted by Crippen LogP contribution is 2.29. The number of aromatic nitrogens is 2. The SMILES string of the molecule is CN(c1cccc(C#N)c1)c1nc(N)nc2ccccc12. The summed E-state index contributed by atoms with van der Waals surface area (Å²) < 4.78 is 0. The topological polar surface area (TPSA) is 78.8 Å². The second-order valence-electron chi connectivity index (χ2n) is 4.64. The third-order valence-corrected chi connectivity index (χ3v) is 3.28. The molecule has 3 aromatic rings. The van der Waals surface area contributed by atoms with Gasteiger partial charge < -0.3 is 10.6 Å². The maximum Gasteiger partial charge on any atom is 0.222 e. The molecule has 3 rings (SSSR count). The third kappa shape index (κ3) is 2.35. The molecule has 21 heavy (non-hydrogen) atoms. The number of hydrogen-bond acceptors (Lipinski definition) is 5. The summed E-state index contributed by atoms with van der Waals surface area (Å²) in [6.45, 7) is 0. The van der Waals surface area contributed by atoms with Gasteiger partial charge in [0.25, 0.3) is 0 Å². The zero-order chi connectivity index (χ0) is 14.8.